The summed E-state index contributed by atoms with van der Waals surface area (Å²) in [5, 5.41) is 0. The van der Waals surface area contributed by atoms with Crippen molar-refractivity contribution < 1.29 is 28.5 Å². The number of carbonyl (C=O) groups excluding carboxylic acids is 1. The Hall–Kier alpha value is -2.82. The van der Waals surface area contributed by atoms with Crippen LogP contribution in [0.25, 0.3) is 0 Å². The highest BCUT2D eigenvalue weighted by Crippen LogP contribution is 2.35. The van der Waals surface area contributed by atoms with E-state index in [-0.39, 0.29) is 12.2 Å². The van der Waals surface area contributed by atoms with Crippen LogP contribution in [0, 0.1) is 3.57 Å². The number of benzene rings is 3. The highest BCUT2D eigenvalue weighted by atomic mass is 127. The second kappa shape index (κ2) is 11.9. The van der Waals surface area contributed by atoms with Crippen molar-refractivity contribution in [2.75, 3.05) is 26.3 Å². The fourth-order valence-corrected chi connectivity index (χ4v) is 5.08. The number of cyclic esters (lactones) is 1. The average molecular weight is 629 g/mol. The van der Waals surface area contributed by atoms with Gasteiger partial charge in [-0.1, -0.05) is 30.3 Å². The Labute approximate surface area is 237 Å². The first-order valence-electron chi connectivity index (χ1n) is 12.8. The van der Waals surface area contributed by atoms with Gasteiger partial charge < -0.3 is 28.6 Å². The summed E-state index contributed by atoms with van der Waals surface area (Å²) in [4.78, 5) is 14.3. The third-order valence-electron chi connectivity index (χ3n) is 6.52. The fraction of sp³-hybridized carbons (Fsp3) is 0.367. The van der Waals surface area contributed by atoms with Crippen molar-refractivity contribution in [3.05, 3.63) is 92.6 Å². The summed E-state index contributed by atoms with van der Waals surface area (Å²) >= 11 is 2.30. The molecule has 1 fully saturated rings. The molecule has 7 nitrogen and oxygen atoms in total. The predicted octanol–water partition coefficient (Wildman–Crippen LogP) is 6.27. The van der Waals surface area contributed by atoms with Gasteiger partial charge in [0, 0.05) is 29.5 Å². The zero-order chi connectivity index (χ0) is 26.5. The molecule has 0 aromatic heterocycles. The van der Waals surface area contributed by atoms with Gasteiger partial charge in [-0.05, 0) is 82.1 Å². The summed E-state index contributed by atoms with van der Waals surface area (Å²) in [6.07, 6.45) is 0.153. The molecule has 3 aromatic rings. The lowest BCUT2D eigenvalue weighted by molar-refractivity contribution is -0.180. The number of hydrogen-bond acceptors (Lipinski definition) is 6. The first-order chi connectivity index (χ1) is 18.3. The standard InChI is InChI=1S/C30H32INO6/c1-30(2)36-20-24-17-23(8-11-27(24)38-30)28-18-32(29(33)37-28)13-12-21-6-9-26(10-7-21)35-15-14-34-19-22-4-3-5-25(31)16-22/h3-11,16-17,28H,12-15,18-20H2,1-2H3/t28-/m0/s1. The van der Waals surface area contributed by atoms with E-state index < -0.39 is 5.79 Å². The Morgan fingerprint density at radius 2 is 1.87 bits per heavy atom. The number of fused-ring (bicyclic) bond motifs is 1. The molecule has 5 rings (SSSR count). The van der Waals surface area contributed by atoms with Crippen LogP contribution in [0.15, 0.2) is 66.7 Å². The monoisotopic (exact) mass is 629 g/mol. The number of carbonyl (C=O) groups is 1. The number of rotatable bonds is 10. The molecule has 200 valence electrons. The van der Waals surface area contributed by atoms with Crippen LogP contribution < -0.4 is 9.47 Å². The zero-order valence-electron chi connectivity index (χ0n) is 21.7. The second-order valence-electron chi connectivity index (χ2n) is 9.90. The van der Waals surface area contributed by atoms with Crippen molar-refractivity contribution in [3.63, 3.8) is 0 Å². The van der Waals surface area contributed by atoms with Crippen molar-refractivity contribution in [2.24, 2.45) is 0 Å². The third kappa shape index (κ3) is 6.98. The molecule has 1 atom stereocenters. The van der Waals surface area contributed by atoms with Crippen molar-refractivity contribution in [3.8, 4) is 11.5 Å². The lowest BCUT2D eigenvalue weighted by atomic mass is 10.0. The highest BCUT2D eigenvalue weighted by Gasteiger charge is 2.33. The van der Waals surface area contributed by atoms with E-state index in [4.69, 9.17) is 23.7 Å². The van der Waals surface area contributed by atoms with Crippen LogP contribution in [-0.2, 0) is 33.8 Å². The van der Waals surface area contributed by atoms with Crippen LogP contribution in [0.2, 0.25) is 0 Å². The summed E-state index contributed by atoms with van der Waals surface area (Å²) in [7, 11) is 0. The molecule has 1 amide bonds. The van der Waals surface area contributed by atoms with Gasteiger partial charge >= 0.3 is 6.09 Å². The van der Waals surface area contributed by atoms with E-state index in [1.54, 1.807) is 4.90 Å². The Kier molecular flexibility index (Phi) is 8.40. The van der Waals surface area contributed by atoms with E-state index in [1.807, 2.05) is 62.4 Å². The zero-order valence-corrected chi connectivity index (χ0v) is 23.8. The van der Waals surface area contributed by atoms with Gasteiger partial charge in [0.05, 0.1) is 26.4 Å². The second-order valence-corrected chi connectivity index (χ2v) is 11.1. The molecule has 0 N–H and O–H groups in total. The molecule has 38 heavy (non-hydrogen) atoms. The quantitative estimate of drug-likeness (QED) is 0.195. The first-order valence-corrected chi connectivity index (χ1v) is 13.9. The molecule has 0 radical (unpaired) electrons. The topological polar surface area (TPSA) is 66.5 Å². The summed E-state index contributed by atoms with van der Waals surface area (Å²) in [5.41, 5.74) is 4.21. The predicted molar refractivity (Wildman–Crippen MR) is 151 cm³/mol. The molecule has 3 aromatic carbocycles. The molecule has 2 heterocycles. The first kappa shape index (κ1) is 26.8. The lowest BCUT2D eigenvalue weighted by Gasteiger charge is -2.32. The molecular formula is C30H32INO6. The number of ether oxygens (including phenoxy) is 5. The van der Waals surface area contributed by atoms with Crippen LogP contribution in [0.3, 0.4) is 0 Å². The van der Waals surface area contributed by atoms with Crippen molar-refractivity contribution in [2.45, 2.75) is 45.4 Å². The van der Waals surface area contributed by atoms with E-state index in [0.717, 1.165) is 40.2 Å². The number of nitrogens with zero attached hydrogens (tertiary/aromatic N) is 1. The fourth-order valence-electron chi connectivity index (χ4n) is 4.47. The number of hydrogen-bond donors (Lipinski definition) is 0. The van der Waals surface area contributed by atoms with Gasteiger partial charge in [-0.25, -0.2) is 4.79 Å². The molecule has 0 saturated carbocycles. The van der Waals surface area contributed by atoms with E-state index in [1.165, 1.54) is 3.57 Å². The van der Waals surface area contributed by atoms with E-state index in [0.29, 0.717) is 39.5 Å². The molecule has 1 saturated heterocycles. The van der Waals surface area contributed by atoms with E-state index >= 15 is 0 Å². The largest absolute Gasteiger partial charge is 0.491 e. The van der Waals surface area contributed by atoms with Crippen LogP contribution in [-0.4, -0.2) is 43.1 Å². The van der Waals surface area contributed by atoms with Gasteiger partial charge in [-0.2, -0.15) is 0 Å². The van der Waals surface area contributed by atoms with Gasteiger partial charge in [0.2, 0.25) is 5.79 Å². The van der Waals surface area contributed by atoms with Crippen LogP contribution >= 0.6 is 22.6 Å². The molecule has 0 aliphatic carbocycles. The highest BCUT2D eigenvalue weighted by molar-refractivity contribution is 14.1. The third-order valence-corrected chi connectivity index (χ3v) is 7.19. The summed E-state index contributed by atoms with van der Waals surface area (Å²) in [6, 6.07) is 22.2. The minimum atomic E-state index is -0.633. The molecule has 0 unspecified atom stereocenters. The molecular weight excluding hydrogens is 597 g/mol. The van der Waals surface area contributed by atoms with Crippen molar-refractivity contribution in [1.29, 1.82) is 0 Å². The molecule has 0 bridgehead atoms. The summed E-state index contributed by atoms with van der Waals surface area (Å²) in [5.74, 6) is 0.982. The average Bonchev–Trinajstić information content (AvgIpc) is 3.27. The van der Waals surface area contributed by atoms with Crippen LogP contribution in [0.4, 0.5) is 4.79 Å². The van der Waals surface area contributed by atoms with E-state index in [9.17, 15) is 4.79 Å². The Morgan fingerprint density at radius 1 is 1.03 bits per heavy atom. The summed E-state index contributed by atoms with van der Waals surface area (Å²) in [6.45, 7) is 6.96. The van der Waals surface area contributed by atoms with Crippen molar-refractivity contribution >= 4 is 28.7 Å². The molecule has 8 heteroatoms. The van der Waals surface area contributed by atoms with Crippen LogP contribution in [0.5, 0.6) is 11.5 Å². The lowest BCUT2D eigenvalue weighted by Crippen LogP contribution is -2.35. The minimum Gasteiger partial charge on any atom is -0.491 e. The SMILES string of the molecule is CC1(C)OCc2cc([C@@H]3CN(CCc4ccc(OCCOCc5cccc(I)c5)cc4)C(=O)O3)ccc2O1. The van der Waals surface area contributed by atoms with Crippen molar-refractivity contribution in [1.82, 2.24) is 4.90 Å². The normalized spacial score (nSPS) is 18.0. The van der Waals surface area contributed by atoms with E-state index in [2.05, 4.69) is 40.8 Å². The Morgan fingerprint density at radius 3 is 2.68 bits per heavy atom. The Bertz CT molecular complexity index is 1260. The maximum atomic E-state index is 12.5. The maximum Gasteiger partial charge on any atom is 0.410 e. The summed E-state index contributed by atoms with van der Waals surface area (Å²) < 4.78 is 30.0. The smallest absolute Gasteiger partial charge is 0.410 e. The number of amides is 1. The maximum absolute atomic E-state index is 12.5. The van der Waals surface area contributed by atoms with Crippen LogP contribution in [0.1, 0.15) is 42.2 Å². The van der Waals surface area contributed by atoms with Gasteiger partial charge in [-0.15, -0.1) is 0 Å². The minimum absolute atomic E-state index is 0.286. The molecule has 2 aliphatic heterocycles. The number of halogens is 1. The Balaban J connectivity index is 1.05. The van der Waals surface area contributed by atoms with Gasteiger partial charge in [0.1, 0.15) is 24.2 Å². The molecule has 2 aliphatic rings. The van der Waals surface area contributed by atoms with Gasteiger partial charge in [0.15, 0.2) is 0 Å². The van der Waals surface area contributed by atoms with Gasteiger partial charge in [0.25, 0.3) is 0 Å². The van der Waals surface area contributed by atoms with Gasteiger partial charge in [-0.3, -0.25) is 0 Å². The molecule has 0 spiro atoms.